The fourth-order valence-corrected chi connectivity index (χ4v) is 2.19. The predicted octanol–water partition coefficient (Wildman–Crippen LogP) is 1.40. The molecule has 20 heavy (non-hydrogen) atoms. The van der Waals surface area contributed by atoms with E-state index in [1.54, 1.807) is 4.90 Å². The van der Waals surface area contributed by atoms with Gasteiger partial charge in [-0.1, -0.05) is 25.1 Å². The number of aromatic amines is 1. The average molecular weight is 272 g/mol. The van der Waals surface area contributed by atoms with Crippen molar-refractivity contribution in [3.05, 3.63) is 41.5 Å². The summed E-state index contributed by atoms with van der Waals surface area (Å²) in [5.74, 6) is 1.62. The van der Waals surface area contributed by atoms with Crippen molar-refractivity contribution in [2.24, 2.45) is 0 Å². The molecule has 0 fully saturated rings. The molecule has 0 unspecified atom stereocenters. The van der Waals surface area contributed by atoms with Crippen LogP contribution in [0.3, 0.4) is 0 Å². The molecular weight excluding hydrogens is 256 g/mol. The minimum Gasteiger partial charge on any atom is -0.491 e. The summed E-state index contributed by atoms with van der Waals surface area (Å²) in [6.07, 6.45) is 0.728. The maximum atomic E-state index is 12.4. The predicted molar refractivity (Wildman–Crippen MR) is 72.4 cm³/mol. The number of amides is 1. The van der Waals surface area contributed by atoms with Crippen LogP contribution < -0.4 is 4.74 Å². The summed E-state index contributed by atoms with van der Waals surface area (Å²) in [6, 6.07) is 7.76. The molecule has 1 aliphatic heterocycles. The summed E-state index contributed by atoms with van der Waals surface area (Å²) in [6.45, 7) is 3.49. The molecule has 0 aliphatic carbocycles. The van der Waals surface area contributed by atoms with Crippen LogP contribution in [0.4, 0.5) is 0 Å². The molecule has 1 aromatic carbocycles. The lowest BCUT2D eigenvalue weighted by Crippen LogP contribution is -2.33. The van der Waals surface area contributed by atoms with Crippen molar-refractivity contribution >= 4 is 5.91 Å². The smallest absolute Gasteiger partial charge is 0.293 e. The van der Waals surface area contributed by atoms with Gasteiger partial charge in [0.25, 0.3) is 5.91 Å². The number of nitrogens with zero attached hydrogens (tertiary/aromatic N) is 3. The first-order chi connectivity index (χ1) is 9.78. The Morgan fingerprint density at radius 2 is 2.30 bits per heavy atom. The molecule has 0 atom stereocenters. The molecule has 3 rings (SSSR count). The molecule has 1 aromatic heterocycles. The van der Waals surface area contributed by atoms with Crippen LogP contribution in [-0.4, -0.2) is 39.1 Å². The van der Waals surface area contributed by atoms with E-state index in [1.165, 1.54) is 0 Å². The lowest BCUT2D eigenvalue weighted by atomic mass is 10.2. The van der Waals surface area contributed by atoms with E-state index >= 15 is 0 Å². The summed E-state index contributed by atoms with van der Waals surface area (Å²) >= 11 is 0. The van der Waals surface area contributed by atoms with E-state index in [2.05, 4.69) is 15.2 Å². The second kappa shape index (κ2) is 5.32. The van der Waals surface area contributed by atoms with Crippen molar-refractivity contribution in [3.63, 3.8) is 0 Å². The van der Waals surface area contributed by atoms with Gasteiger partial charge in [-0.05, 0) is 6.07 Å². The van der Waals surface area contributed by atoms with E-state index in [1.807, 2.05) is 31.2 Å². The fraction of sp³-hybridized carbons (Fsp3) is 0.357. The van der Waals surface area contributed by atoms with Gasteiger partial charge in [0.1, 0.15) is 18.2 Å². The molecule has 0 bridgehead atoms. The third kappa shape index (κ3) is 2.36. The third-order valence-electron chi connectivity index (χ3n) is 3.30. The van der Waals surface area contributed by atoms with E-state index in [4.69, 9.17) is 4.74 Å². The molecule has 1 aliphatic rings. The molecular formula is C14H16N4O2. The summed E-state index contributed by atoms with van der Waals surface area (Å²) < 4.78 is 5.65. The number of fused-ring (bicyclic) bond motifs is 1. The summed E-state index contributed by atoms with van der Waals surface area (Å²) in [5, 5.41) is 6.75. The zero-order chi connectivity index (χ0) is 13.9. The van der Waals surface area contributed by atoms with E-state index in [0.29, 0.717) is 19.7 Å². The van der Waals surface area contributed by atoms with Crippen molar-refractivity contribution in [1.29, 1.82) is 0 Å². The van der Waals surface area contributed by atoms with Crippen LogP contribution >= 0.6 is 0 Å². The van der Waals surface area contributed by atoms with Crippen LogP contribution in [0.2, 0.25) is 0 Å². The first-order valence-electron chi connectivity index (χ1n) is 6.69. The number of carbonyl (C=O) groups is 1. The van der Waals surface area contributed by atoms with Crippen molar-refractivity contribution in [2.75, 3.05) is 13.2 Å². The Bertz CT molecular complexity index is 623. The Morgan fingerprint density at radius 3 is 3.10 bits per heavy atom. The number of H-pyrrole nitrogens is 1. The lowest BCUT2D eigenvalue weighted by Gasteiger charge is -2.17. The van der Waals surface area contributed by atoms with E-state index < -0.39 is 0 Å². The number of ether oxygens (including phenoxy) is 1. The topological polar surface area (TPSA) is 71.1 Å². The highest BCUT2D eigenvalue weighted by atomic mass is 16.5. The number of hydrogen-bond acceptors (Lipinski definition) is 4. The van der Waals surface area contributed by atoms with Crippen molar-refractivity contribution in [2.45, 2.75) is 19.9 Å². The number of carbonyl (C=O) groups excluding carboxylic acids is 1. The first kappa shape index (κ1) is 12.7. The molecule has 0 saturated heterocycles. The summed E-state index contributed by atoms with van der Waals surface area (Å²) in [7, 11) is 0. The Balaban J connectivity index is 1.82. The monoisotopic (exact) mass is 272 g/mol. The van der Waals surface area contributed by atoms with Crippen LogP contribution in [0.5, 0.6) is 5.75 Å². The van der Waals surface area contributed by atoms with Gasteiger partial charge in [-0.3, -0.25) is 9.89 Å². The van der Waals surface area contributed by atoms with Gasteiger partial charge in [-0.25, -0.2) is 4.98 Å². The molecule has 2 heterocycles. The Hall–Kier alpha value is -2.37. The number of hydrogen-bond donors (Lipinski definition) is 1. The maximum Gasteiger partial charge on any atom is 0.293 e. The number of aryl methyl sites for hydroxylation is 1. The number of aromatic nitrogens is 3. The number of rotatable bonds is 2. The third-order valence-corrected chi connectivity index (χ3v) is 3.30. The van der Waals surface area contributed by atoms with Crippen LogP contribution in [0.15, 0.2) is 24.3 Å². The summed E-state index contributed by atoms with van der Waals surface area (Å²) in [4.78, 5) is 18.3. The minimum atomic E-state index is -0.166. The molecule has 1 amide bonds. The highest BCUT2D eigenvalue weighted by Gasteiger charge is 2.23. The largest absolute Gasteiger partial charge is 0.491 e. The quantitative estimate of drug-likeness (QED) is 0.897. The molecule has 2 aromatic rings. The number of benzene rings is 1. The van der Waals surface area contributed by atoms with E-state index in [-0.39, 0.29) is 11.7 Å². The molecule has 6 heteroatoms. The number of para-hydroxylation sites is 1. The minimum absolute atomic E-state index is 0.166. The van der Waals surface area contributed by atoms with E-state index in [0.717, 1.165) is 23.6 Å². The zero-order valence-electron chi connectivity index (χ0n) is 11.3. The highest BCUT2D eigenvalue weighted by Crippen LogP contribution is 2.22. The van der Waals surface area contributed by atoms with Crippen LogP contribution in [0.1, 0.15) is 28.9 Å². The molecule has 0 saturated carbocycles. The van der Waals surface area contributed by atoms with Gasteiger partial charge in [0.05, 0.1) is 6.54 Å². The van der Waals surface area contributed by atoms with Crippen LogP contribution in [0, 0.1) is 0 Å². The lowest BCUT2D eigenvalue weighted by molar-refractivity contribution is 0.0721. The van der Waals surface area contributed by atoms with Gasteiger partial charge in [0.15, 0.2) is 0 Å². The van der Waals surface area contributed by atoms with Gasteiger partial charge < -0.3 is 9.64 Å². The fourth-order valence-electron chi connectivity index (χ4n) is 2.19. The second-order valence-corrected chi connectivity index (χ2v) is 4.64. The Morgan fingerprint density at radius 1 is 1.45 bits per heavy atom. The molecule has 0 radical (unpaired) electrons. The van der Waals surface area contributed by atoms with Crippen LogP contribution in [-0.2, 0) is 13.0 Å². The van der Waals surface area contributed by atoms with Crippen molar-refractivity contribution < 1.29 is 9.53 Å². The first-order valence-corrected chi connectivity index (χ1v) is 6.69. The Kier molecular flexibility index (Phi) is 3.37. The highest BCUT2D eigenvalue weighted by molar-refractivity contribution is 5.90. The van der Waals surface area contributed by atoms with Gasteiger partial charge >= 0.3 is 0 Å². The summed E-state index contributed by atoms with van der Waals surface area (Å²) in [5.41, 5.74) is 1.00. The van der Waals surface area contributed by atoms with Crippen molar-refractivity contribution in [3.8, 4) is 5.75 Å². The van der Waals surface area contributed by atoms with Gasteiger partial charge in [0.2, 0.25) is 5.82 Å². The molecule has 1 N–H and O–H groups in total. The molecule has 0 spiro atoms. The second-order valence-electron chi connectivity index (χ2n) is 4.64. The molecule has 104 valence electrons. The SMILES string of the molecule is CCc1nc(C(=O)N2CCOc3ccccc3C2)n[nH]1. The normalized spacial score (nSPS) is 14.3. The van der Waals surface area contributed by atoms with Crippen molar-refractivity contribution in [1.82, 2.24) is 20.1 Å². The molecule has 6 nitrogen and oxygen atoms in total. The van der Waals surface area contributed by atoms with Gasteiger partial charge in [-0.15, -0.1) is 5.10 Å². The standard InChI is InChI=1S/C14H16N4O2/c1-2-12-15-13(17-16-12)14(19)18-7-8-20-11-6-4-3-5-10(11)9-18/h3-6H,2,7-9H2,1H3,(H,15,16,17). The average Bonchev–Trinajstić information content (AvgIpc) is 2.85. The zero-order valence-corrected chi connectivity index (χ0v) is 11.3. The number of nitrogens with one attached hydrogen (secondary N) is 1. The Labute approximate surface area is 116 Å². The van der Waals surface area contributed by atoms with E-state index in [9.17, 15) is 4.79 Å². The van der Waals surface area contributed by atoms with Crippen LogP contribution in [0.25, 0.3) is 0 Å². The maximum absolute atomic E-state index is 12.4. The van der Waals surface area contributed by atoms with Gasteiger partial charge in [0, 0.05) is 18.5 Å². The van der Waals surface area contributed by atoms with Gasteiger partial charge in [-0.2, -0.15) is 0 Å².